The van der Waals surface area contributed by atoms with Crippen molar-refractivity contribution in [3.8, 4) is 0 Å². The molecule has 0 aliphatic rings. The van der Waals surface area contributed by atoms with Crippen LogP contribution < -0.4 is 5.19 Å². The molecule has 22 heavy (non-hydrogen) atoms. The van der Waals surface area contributed by atoms with Crippen LogP contribution in [0.5, 0.6) is 0 Å². The van der Waals surface area contributed by atoms with E-state index in [9.17, 15) is 5.11 Å². The summed E-state index contributed by atoms with van der Waals surface area (Å²) < 4.78 is 5.26. The van der Waals surface area contributed by atoms with Crippen molar-refractivity contribution in [3.63, 3.8) is 0 Å². The number of rotatable bonds is 6. The largest absolute Gasteiger partial charge is 0.481 e. The first-order chi connectivity index (χ1) is 10.6. The van der Waals surface area contributed by atoms with Crippen LogP contribution in [0.25, 0.3) is 0 Å². The highest BCUT2D eigenvalue weighted by atomic mass is 28.3. The lowest BCUT2D eigenvalue weighted by molar-refractivity contribution is 0.101. The average Bonchev–Trinajstić information content (AvgIpc) is 2.54. The number of aliphatic hydroxyl groups is 1. The van der Waals surface area contributed by atoms with Crippen LogP contribution in [0.3, 0.4) is 0 Å². The van der Waals surface area contributed by atoms with Crippen molar-refractivity contribution < 1.29 is 9.84 Å². The first-order valence-electron chi connectivity index (χ1n) is 7.69. The summed E-state index contributed by atoms with van der Waals surface area (Å²) in [6.07, 6.45) is 1.87. The first kappa shape index (κ1) is 16.4. The molecule has 1 atom stereocenters. The Morgan fingerprint density at radius 1 is 1.05 bits per heavy atom. The topological polar surface area (TPSA) is 29.5 Å². The number of allylic oxidation sites excluding steroid dienone is 1. The van der Waals surface area contributed by atoms with Gasteiger partial charge in [0.2, 0.25) is 0 Å². The second kappa shape index (κ2) is 7.32. The summed E-state index contributed by atoms with van der Waals surface area (Å²) in [6, 6.07) is 20.9. The Labute approximate surface area is 134 Å². The highest BCUT2D eigenvalue weighted by molar-refractivity contribution is 6.91. The lowest BCUT2D eigenvalue weighted by Crippen LogP contribution is -2.47. The van der Waals surface area contributed by atoms with Crippen molar-refractivity contribution in [2.75, 3.05) is 6.61 Å². The van der Waals surface area contributed by atoms with Gasteiger partial charge in [-0.25, -0.2) is 0 Å². The van der Waals surface area contributed by atoms with Gasteiger partial charge in [0.1, 0.15) is 0 Å². The number of benzene rings is 2. The van der Waals surface area contributed by atoms with Gasteiger partial charge in [0.05, 0.1) is 14.7 Å². The Balaban J connectivity index is 2.46. The molecule has 2 aromatic rings. The van der Waals surface area contributed by atoms with Gasteiger partial charge in [-0.3, -0.25) is 0 Å². The quantitative estimate of drug-likeness (QED) is 0.634. The standard InChI is InChI=1S/C19H24O2Si/c1-4-21-19(20)15-18(16-11-7-5-8-12-16)22(2,3)17-13-9-6-10-14-17/h5-15,18,20H,4H2,1-3H3/b19-15+. The second-order valence-electron chi connectivity index (χ2n) is 5.91. The molecule has 0 heterocycles. The normalized spacial score (nSPS) is 13.7. The Bertz CT molecular complexity index is 606. The predicted molar refractivity (Wildman–Crippen MR) is 95.1 cm³/mol. The third kappa shape index (κ3) is 3.80. The molecule has 0 aliphatic heterocycles. The molecule has 2 aromatic carbocycles. The molecular weight excluding hydrogens is 288 g/mol. The van der Waals surface area contributed by atoms with Gasteiger partial charge >= 0.3 is 0 Å². The zero-order valence-electron chi connectivity index (χ0n) is 13.5. The Kier molecular flexibility index (Phi) is 5.44. The fraction of sp³-hybridized carbons (Fsp3) is 0.263. The summed E-state index contributed by atoms with van der Waals surface area (Å²) in [5, 5.41) is 11.4. The Hall–Kier alpha value is -2.00. The van der Waals surface area contributed by atoms with Crippen LogP contribution in [0.15, 0.2) is 72.7 Å². The first-order valence-corrected chi connectivity index (χ1v) is 10.8. The minimum Gasteiger partial charge on any atom is -0.481 e. The average molecular weight is 312 g/mol. The van der Waals surface area contributed by atoms with Gasteiger partial charge in [-0.1, -0.05) is 78.9 Å². The summed E-state index contributed by atoms with van der Waals surface area (Å²) in [7, 11) is -1.86. The highest BCUT2D eigenvalue weighted by Crippen LogP contribution is 2.29. The molecule has 0 saturated heterocycles. The van der Waals surface area contributed by atoms with Crippen molar-refractivity contribution in [2.45, 2.75) is 25.6 Å². The minimum atomic E-state index is -1.86. The number of hydrogen-bond acceptors (Lipinski definition) is 2. The van der Waals surface area contributed by atoms with Crippen LogP contribution in [0.1, 0.15) is 18.0 Å². The molecule has 0 aromatic heterocycles. The van der Waals surface area contributed by atoms with Crippen LogP contribution in [0.4, 0.5) is 0 Å². The van der Waals surface area contributed by atoms with Crippen molar-refractivity contribution in [3.05, 3.63) is 78.2 Å². The third-order valence-corrected chi connectivity index (χ3v) is 7.93. The minimum absolute atomic E-state index is 0.0212. The van der Waals surface area contributed by atoms with Crippen molar-refractivity contribution in [1.82, 2.24) is 0 Å². The molecule has 2 nitrogen and oxygen atoms in total. The molecule has 0 fully saturated rings. The number of hydrogen-bond donors (Lipinski definition) is 1. The number of aliphatic hydroxyl groups excluding tert-OH is 1. The maximum atomic E-state index is 10.1. The molecule has 1 N–H and O–H groups in total. The molecule has 3 heteroatoms. The lowest BCUT2D eigenvalue weighted by atomic mass is 10.1. The summed E-state index contributed by atoms with van der Waals surface area (Å²) in [5.41, 5.74) is 1.37. The van der Waals surface area contributed by atoms with Crippen LogP contribution in [0, 0.1) is 0 Å². The molecule has 0 saturated carbocycles. The fourth-order valence-corrected chi connectivity index (χ4v) is 5.76. The van der Waals surface area contributed by atoms with Crippen LogP contribution in [0.2, 0.25) is 13.1 Å². The van der Waals surface area contributed by atoms with Gasteiger partial charge < -0.3 is 9.84 Å². The molecule has 0 amide bonds. The van der Waals surface area contributed by atoms with E-state index in [1.165, 1.54) is 10.8 Å². The van der Waals surface area contributed by atoms with E-state index in [2.05, 4.69) is 49.5 Å². The fourth-order valence-electron chi connectivity index (χ4n) is 2.77. The molecule has 1 unspecified atom stereocenters. The molecule has 0 spiro atoms. The van der Waals surface area contributed by atoms with Crippen LogP contribution >= 0.6 is 0 Å². The maximum absolute atomic E-state index is 10.1. The van der Waals surface area contributed by atoms with Crippen molar-refractivity contribution >= 4 is 13.3 Å². The number of ether oxygens (including phenoxy) is 1. The van der Waals surface area contributed by atoms with E-state index in [0.717, 1.165) is 0 Å². The summed E-state index contributed by atoms with van der Waals surface area (Å²) in [5.74, 6) is 0.0212. The zero-order chi connectivity index (χ0) is 16.0. The summed E-state index contributed by atoms with van der Waals surface area (Å²) in [4.78, 5) is 0. The third-order valence-electron chi connectivity index (χ3n) is 4.06. The molecular formula is C19H24O2Si. The van der Waals surface area contributed by atoms with E-state index >= 15 is 0 Å². The monoisotopic (exact) mass is 312 g/mol. The van der Waals surface area contributed by atoms with Gasteiger partial charge in [0.25, 0.3) is 5.95 Å². The Morgan fingerprint density at radius 2 is 1.59 bits per heavy atom. The maximum Gasteiger partial charge on any atom is 0.272 e. The molecule has 2 rings (SSSR count). The van der Waals surface area contributed by atoms with Crippen LogP contribution in [-0.4, -0.2) is 19.8 Å². The summed E-state index contributed by atoms with van der Waals surface area (Å²) in [6.45, 7) is 7.00. The van der Waals surface area contributed by atoms with Crippen LogP contribution in [-0.2, 0) is 4.74 Å². The van der Waals surface area contributed by atoms with Gasteiger partial charge in [-0.15, -0.1) is 0 Å². The van der Waals surface area contributed by atoms with Crippen molar-refractivity contribution in [2.24, 2.45) is 0 Å². The van der Waals surface area contributed by atoms with Gasteiger partial charge in [0.15, 0.2) is 0 Å². The van der Waals surface area contributed by atoms with Gasteiger partial charge in [-0.05, 0) is 12.5 Å². The molecule has 116 valence electrons. The van der Waals surface area contributed by atoms with E-state index in [1.807, 2.05) is 37.3 Å². The van der Waals surface area contributed by atoms with E-state index < -0.39 is 8.07 Å². The predicted octanol–water partition coefficient (Wildman–Crippen LogP) is 4.36. The molecule has 0 bridgehead atoms. The summed E-state index contributed by atoms with van der Waals surface area (Å²) >= 11 is 0. The SMILES string of the molecule is CCO/C(O)=C/C(c1ccccc1)[Si](C)(C)c1ccccc1. The van der Waals surface area contributed by atoms with Crippen molar-refractivity contribution in [1.29, 1.82) is 0 Å². The lowest BCUT2D eigenvalue weighted by Gasteiger charge is -2.31. The van der Waals surface area contributed by atoms with E-state index in [0.29, 0.717) is 6.61 Å². The van der Waals surface area contributed by atoms with E-state index in [1.54, 1.807) is 0 Å². The Morgan fingerprint density at radius 3 is 2.14 bits per heavy atom. The second-order valence-corrected chi connectivity index (χ2v) is 10.6. The van der Waals surface area contributed by atoms with E-state index in [-0.39, 0.29) is 11.5 Å². The van der Waals surface area contributed by atoms with E-state index in [4.69, 9.17) is 4.74 Å². The molecule has 0 radical (unpaired) electrons. The smallest absolute Gasteiger partial charge is 0.272 e. The highest BCUT2D eigenvalue weighted by Gasteiger charge is 2.34. The van der Waals surface area contributed by atoms with Gasteiger partial charge in [0, 0.05) is 11.6 Å². The molecule has 0 aliphatic carbocycles. The zero-order valence-corrected chi connectivity index (χ0v) is 14.5. The van der Waals surface area contributed by atoms with Gasteiger partial charge in [-0.2, -0.15) is 0 Å².